The van der Waals surface area contributed by atoms with Crippen molar-refractivity contribution in [2.75, 3.05) is 7.05 Å². The number of carbonyl (C=O) groups excluding carboxylic acids is 1. The zero-order chi connectivity index (χ0) is 9.84. The van der Waals surface area contributed by atoms with E-state index >= 15 is 0 Å². The first-order valence-electron chi connectivity index (χ1n) is 3.53. The lowest BCUT2D eigenvalue weighted by Gasteiger charge is -1.97. The summed E-state index contributed by atoms with van der Waals surface area (Å²) in [6, 6.07) is 6.40. The van der Waals surface area contributed by atoms with Crippen molar-refractivity contribution in [2.24, 2.45) is 0 Å². The molecule has 0 unspecified atom stereocenters. The largest absolute Gasteiger partial charge is 0.355 e. The molecule has 1 rings (SSSR count). The second-order valence-electron chi connectivity index (χ2n) is 2.30. The van der Waals surface area contributed by atoms with E-state index < -0.39 is 4.92 Å². The number of hydrogen-bond donors (Lipinski definition) is 1. The highest BCUT2D eigenvalue weighted by Gasteiger charge is 2.09. The van der Waals surface area contributed by atoms with Crippen LogP contribution >= 0.6 is 0 Å². The molecule has 1 amide bonds. The molecule has 67 valence electrons. The second kappa shape index (κ2) is 3.66. The molecule has 1 N–H and O–H groups in total. The van der Waals surface area contributed by atoms with Crippen LogP contribution in [0.2, 0.25) is 0 Å². The Morgan fingerprint density at radius 1 is 1.69 bits per heavy atom. The highest BCUT2D eigenvalue weighted by atomic mass is 16.6. The van der Waals surface area contributed by atoms with Crippen LogP contribution in [0.3, 0.4) is 0 Å². The fourth-order valence-corrected chi connectivity index (χ4v) is 0.845. The summed E-state index contributed by atoms with van der Waals surface area (Å²) < 4.78 is 0. The van der Waals surface area contributed by atoms with E-state index in [1.807, 2.05) is 0 Å². The van der Waals surface area contributed by atoms with E-state index in [0.29, 0.717) is 0 Å². The number of carbonyl (C=O) groups is 1. The Kier molecular flexibility index (Phi) is 2.59. The van der Waals surface area contributed by atoms with Crippen molar-refractivity contribution < 1.29 is 9.72 Å². The van der Waals surface area contributed by atoms with Gasteiger partial charge in [-0.3, -0.25) is 14.9 Å². The first-order chi connectivity index (χ1) is 6.15. The number of nitrogens with one attached hydrogen (secondary N) is 1. The lowest BCUT2D eigenvalue weighted by molar-refractivity contribution is -0.385. The van der Waals surface area contributed by atoms with Gasteiger partial charge in [0.05, 0.1) is 11.0 Å². The van der Waals surface area contributed by atoms with Gasteiger partial charge in [0, 0.05) is 18.7 Å². The predicted molar refractivity (Wildman–Crippen MR) is 45.3 cm³/mol. The smallest absolute Gasteiger partial charge is 0.278 e. The molecular weight excluding hydrogens is 172 g/mol. The fraction of sp³-hybridized carbons (Fsp3) is 0.125. The van der Waals surface area contributed by atoms with Crippen molar-refractivity contribution in [3.63, 3.8) is 0 Å². The van der Waals surface area contributed by atoms with Crippen molar-refractivity contribution in [3.05, 3.63) is 39.9 Å². The molecule has 0 fully saturated rings. The average Bonchev–Trinajstić information content (AvgIpc) is 2.17. The molecule has 13 heavy (non-hydrogen) atoms. The first kappa shape index (κ1) is 9.18. The Labute approximate surface area is 74.5 Å². The monoisotopic (exact) mass is 179 g/mol. The number of hydrogen-bond acceptors (Lipinski definition) is 3. The number of rotatable bonds is 2. The van der Waals surface area contributed by atoms with Gasteiger partial charge in [-0.25, -0.2) is 0 Å². The summed E-state index contributed by atoms with van der Waals surface area (Å²) in [6.45, 7) is 0. The van der Waals surface area contributed by atoms with E-state index in [-0.39, 0.29) is 17.2 Å². The lowest BCUT2D eigenvalue weighted by Crippen LogP contribution is -2.17. The Hall–Kier alpha value is -1.91. The van der Waals surface area contributed by atoms with Crippen molar-refractivity contribution >= 4 is 11.6 Å². The van der Waals surface area contributed by atoms with E-state index in [4.69, 9.17) is 0 Å². The summed E-state index contributed by atoms with van der Waals surface area (Å²) in [5.74, 6) is -0.350. The maximum Gasteiger partial charge on any atom is 0.278 e. The summed E-state index contributed by atoms with van der Waals surface area (Å²) in [7, 11) is 1.46. The fourth-order valence-electron chi connectivity index (χ4n) is 0.845. The minimum atomic E-state index is -0.591. The lowest BCUT2D eigenvalue weighted by atomic mass is 10.2. The summed E-state index contributed by atoms with van der Waals surface area (Å²) in [6.07, 6.45) is 0. The Morgan fingerprint density at radius 2 is 2.38 bits per heavy atom. The number of amides is 1. The number of benzene rings is 1. The van der Waals surface area contributed by atoms with Crippen LogP contribution in [0.4, 0.5) is 5.69 Å². The zero-order valence-corrected chi connectivity index (χ0v) is 6.90. The minimum Gasteiger partial charge on any atom is -0.355 e. The Morgan fingerprint density at radius 3 is 2.92 bits per heavy atom. The van der Waals surface area contributed by atoms with Crippen LogP contribution in [0, 0.1) is 16.2 Å². The van der Waals surface area contributed by atoms with Crippen LogP contribution < -0.4 is 5.32 Å². The molecule has 5 nitrogen and oxygen atoms in total. The van der Waals surface area contributed by atoms with Gasteiger partial charge in [-0.15, -0.1) is 0 Å². The van der Waals surface area contributed by atoms with E-state index in [0.717, 1.165) is 0 Å². The summed E-state index contributed by atoms with van der Waals surface area (Å²) in [4.78, 5) is 20.8. The number of nitrogens with zero attached hydrogens (tertiary/aromatic N) is 1. The van der Waals surface area contributed by atoms with Gasteiger partial charge in [-0.2, -0.15) is 0 Å². The minimum absolute atomic E-state index is 0.207. The van der Waals surface area contributed by atoms with Gasteiger partial charge in [0.1, 0.15) is 0 Å². The quantitative estimate of drug-likeness (QED) is 0.538. The van der Waals surface area contributed by atoms with Crippen LogP contribution in [-0.4, -0.2) is 17.9 Å². The molecule has 0 atom stereocenters. The number of non-ortho nitro benzene ring substituents is 1. The van der Waals surface area contributed by atoms with Crippen molar-refractivity contribution in [1.82, 2.24) is 5.32 Å². The van der Waals surface area contributed by atoms with Crippen molar-refractivity contribution in [3.8, 4) is 0 Å². The third kappa shape index (κ3) is 2.02. The first-order valence-corrected chi connectivity index (χ1v) is 3.53. The highest BCUT2D eigenvalue weighted by Crippen LogP contribution is 2.11. The van der Waals surface area contributed by atoms with E-state index in [1.165, 1.54) is 25.2 Å². The predicted octanol–water partition coefficient (Wildman–Crippen LogP) is 0.755. The topological polar surface area (TPSA) is 72.2 Å². The molecule has 5 heteroatoms. The summed E-state index contributed by atoms with van der Waals surface area (Å²) in [5.41, 5.74) is 0.0500. The maximum atomic E-state index is 11.0. The third-order valence-corrected chi connectivity index (χ3v) is 1.47. The van der Waals surface area contributed by atoms with Crippen LogP contribution in [-0.2, 0) is 0 Å². The second-order valence-corrected chi connectivity index (χ2v) is 2.30. The molecule has 0 spiro atoms. The molecule has 0 aromatic heterocycles. The number of nitro benzene ring substituents is 1. The maximum absolute atomic E-state index is 11.0. The van der Waals surface area contributed by atoms with Gasteiger partial charge in [-0.05, 0) is 12.1 Å². The van der Waals surface area contributed by atoms with E-state index in [1.54, 1.807) is 0 Å². The Balaban J connectivity index is 3.05. The molecule has 0 aliphatic rings. The van der Waals surface area contributed by atoms with Crippen LogP contribution in [0.15, 0.2) is 18.2 Å². The van der Waals surface area contributed by atoms with Crippen LogP contribution in [0.25, 0.3) is 0 Å². The van der Waals surface area contributed by atoms with Crippen molar-refractivity contribution in [2.45, 2.75) is 0 Å². The van der Waals surface area contributed by atoms with E-state index in [9.17, 15) is 14.9 Å². The average molecular weight is 179 g/mol. The normalized spacial score (nSPS) is 9.31. The molecule has 1 radical (unpaired) electrons. The molecule has 0 bridgehead atoms. The molecule has 0 aliphatic heterocycles. The summed E-state index contributed by atoms with van der Waals surface area (Å²) in [5, 5.41) is 12.7. The molecule has 0 saturated carbocycles. The van der Waals surface area contributed by atoms with Crippen LogP contribution in [0.5, 0.6) is 0 Å². The van der Waals surface area contributed by atoms with Crippen LogP contribution in [0.1, 0.15) is 10.4 Å². The molecular formula is C8H7N2O3. The van der Waals surface area contributed by atoms with Gasteiger partial charge in [0.15, 0.2) is 0 Å². The highest BCUT2D eigenvalue weighted by molar-refractivity contribution is 5.94. The Bertz CT molecular complexity index is 349. The third-order valence-electron chi connectivity index (χ3n) is 1.47. The van der Waals surface area contributed by atoms with Gasteiger partial charge in [-0.1, -0.05) is 0 Å². The molecule has 0 heterocycles. The molecule has 1 aromatic carbocycles. The SMILES string of the molecule is CNC(=O)c1cc[c]c([N+](=O)[O-])c1. The van der Waals surface area contributed by atoms with Crippen molar-refractivity contribution in [1.29, 1.82) is 0 Å². The molecule has 0 saturated heterocycles. The summed E-state index contributed by atoms with van der Waals surface area (Å²) >= 11 is 0. The van der Waals surface area contributed by atoms with E-state index in [2.05, 4.69) is 11.4 Å². The standard InChI is InChI=1S/C8H7N2O3/c1-9-8(11)6-3-2-4-7(5-6)10(12)13/h2-3,5H,1H3,(H,9,11). The van der Waals surface area contributed by atoms with Gasteiger partial charge in [0.25, 0.3) is 11.6 Å². The zero-order valence-electron chi connectivity index (χ0n) is 6.90. The van der Waals surface area contributed by atoms with Gasteiger partial charge in [0.2, 0.25) is 0 Å². The molecule has 0 aliphatic carbocycles. The number of nitro groups is 1. The van der Waals surface area contributed by atoms with Gasteiger partial charge >= 0.3 is 0 Å². The molecule has 1 aromatic rings. The van der Waals surface area contributed by atoms with Gasteiger partial charge < -0.3 is 5.32 Å².